The van der Waals surface area contributed by atoms with Gasteiger partial charge >= 0.3 is 0 Å². The highest BCUT2D eigenvalue weighted by atomic mass is 32.1. The molecule has 0 fully saturated rings. The van der Waals surface area contributed by atoms with E-state index in [0.717, 1.165) is 21.3 Å². The van der Waals surface area contributed by atoms with Gasteiger partial charge in [0.25, 0.3) is 0 Å². The summed E-state index contributed by atoms with van der Waals surface area (Å²) in [4.78, 5) is 17.3. The van der Waals surface area contributed by atoms with E-state index in [9.17, 15) is 4.79 Å². The lowest BCUT2D eigenvalue weighted by Crippen LogP contribution is -2.24. The first-order chi connectivity index (χ1) is 15.1. The number of rotatable bonds is 5. The summed E-state index contributed by atoms with van der Waals surface area (Å²) in [6.45, 7) is 0. The molecule has 1 unspecified atom stereocenters. The van der Waals surface area contributed by atoms with Crippen molar-refractivity contribution in [2.45, 2.75) is 12.3 Å². The normalized spacial score (nSPS) is 15.5. The predicted octanol–water partition coefficient (Wildman–Crippen LogP) is 3.98. The Labute approximate surface area is 182 Å². The molecule has 3 heterocycles. The number of carbonyl (C=O) groups is 1. The van der Waals surface area contributed by atoms with E-state index in [0.29, 0.717) is 28.2 Å². The van der Waals surface area contributed by atoms with Crippen molar-refractivity contribution in [2.75, 3.05) is 26.6 Å². The first-order valence-corrected chi connectivity index (χ1v) is 10.5. The van der Waals surface area contributed by atoms with Crippen LogP contribution in [0.3, 0.4) is 0 Å². The number of anilines is 1. The molecule has 1 amide bonds. The molecule has 1 aliphatic rings. The Hall–Kier alpha value is -3.59. The summed E-state index contributed by atoms with van der Waals surface area (Å²) in [7, 11) is 4.71. The molecule has 9 heteroatoms. The van der Waals surface area contributed by atoms with Crippen LogP contribution in [0.15, 0.2) is 42.6 Å². The van der Waals surface area contributed by atoms with Crippen molar-refractivity contribution >= 4 is 33.3 Å². The number of methoxy groups -OCH3 is 3. The van der Waals surface area contributed by atoms with Crippen LogP contribution in [0.1, 0.15) is 23.5 Å². The van der Waals surface area contributed by atoms with E-state index < -0.39 is 0 Å². The lowest BCUT2D eigenvalue weighted by molar-refractivity contribution is -0.116. The standard InChI is InChI=1S/C22H20N4O4S/c1-28-16-8-12(9-17(29-2)20(16)30-3)13-10-19(27)25-21-14(13)11-23-26(21)22-24-15-6-4-5-7-18(15)31-22/h4-9,11,13H,10H2,1-3H3,(H,25,27). The number of thiazole rings is 1. The molecule has 0 aliphatic carbocycles. The number of nitrogens with one attached hydrogen (secondary N) is 1. The van der Waals surface area contributed by atoms with Gasteiger partial charge in [-0.3, -0.25) is 4.79 Å². The van der Waals surface area contributed by atoms with Crippen molar-refractivity contribution in [3.63, 3.8) is 0 Å². The van der Waals surface area contributed by atoms with Gasteiger partial charge in [-0.15, -0.1) is 0 Å². The number of aromatic nitrogens is 3. The molecule has 2 aromatic heterocycles. The van der Waals surface area contributed by atoms with Crippen LogP contribution in [0.5, 0.6) is 17.2 Å². The van der Waals surface area contributed by atoms with Crippen LogP contribution in [0.4, 0.5) is 5.82 Å². The topological polar surface area (TPSA) is 87.5 Å². The first-order valence-electron chi connectivity index (χ1n) is 9.66. The van der Waals surface area contributed by atoms with Gasteiger partial charge in [0.2, 0.25) is 16.8 Å². The summed E-state index contributed by atoms with van der Waals surface area (Å²) in [6, 6.07) is 11.7. The Balaban J connectivity index is 1.62. The van der Waals surface area contributed by atoms with Crippen LogP contribution >= 0.6 is 11.3 Å². The Morgan fingerprint density at radius 2 is 1.84 bits per heavy atom. The summed E-state index contributed by atoms with van der Waals surface area (Å²) in [5.74, 6) is 1.94. The summed E-state index contributed by atoms with van der Waals surface area (Å²) < 4.78 is 19.2. The minimum Gasteiger partial charge on any atom is -0.493 e. The highest BCUT2D eigenvalue weighted by Gasteiger charge is 2.32. The molecule has 4 aromatic rings. The zero-order valence-electron chi connectivity index (χ0n) is 17.2. The molecule has 1 atom stereocenters. The molecule has 8 nitrogen and oxygen atoms in total. The van der Waals surface area contributed by atoms with Gasteiger partial charge in [-0.1, -0.05) is 23.5 Å². The van der Waals surface area contributed by atoms with E-state index in [-0.39, 0.29) is 18.2 Å². The monoisotopic (exact) mass is 436 g/mol. The Bertz CT molecular complexity index is 1240. The van der Waals surface area contributed by atoms with E-state index in [4.69, 9.17) is 14.2 Å². The Morgan fingerprint density at radius 1 is 1.10 bits per heavy atom. The summed E-state index contributed by atoms with van der Waals surface area (Å²) in [5.41, 5.74) is 2.69. The molecule has 0 bridgehead atoms. The number of fused-ring (bicyclic) bond motifs is 2. The van der Waals surface area contributed by atoms with E-state index >= 15 is 0 Å². The number of ether oxygens (including phenoxy) is 3. The molecule has 0 spiro atoms. The zero-order chi connectivity index (χ0) is 21.5. The molecule has 1 aliphatic heterocycles. The number of para-hydroxylation sites is 1. The number of hydrogen-bond acceptors (Lipinski definition) is 7. The van der Waals surface area contributed by atoms with Gasteiger partial charge in [0, 0.05) is 17.9 Å². The van der Waals surface area contributed by atoms with Gasteiger partial charge in [0.1, 0.15) is 5.82 Å². The Kier molecular flexibility index (Phi) is 4.74. The largest absolute Gasteiger partial charge is 0.493 e. The lowest BCUT2D eigenvalue weighted by Gasteiger charge is -2.24. The van der Waals surface area contributed by atoms with Crippen molar-refractivity contribution in [3.05, 3.63) is 53.7 Å². The van der Waals surface area contributed by atoms with Crippen molar-refractivity contribution in [2.24, 2.45) is 0 Å². The smallest absolute Gasteiger partial charge is 0.226 e. The molecule has 158 valence electrons. The second-order valence-electron chi connectivity index (χ2n) is 7.09. The maximum Gasteiger partial charge on any atom is 0.226 e. The molecule has 0 saturated heterocycles. The van der Waals surface area contributed by atoms with Crippen molar-refractivity contribution < 1.29 is 19.0 Å². The Morgan fingerprint density at radius 3 is 2.52 bits per heavy atom. The van der Waals surface area contributed by atoms with Gasteiger partial charge in [0.05, 0.1) is 37.7 Å². The van der Waals surface area contributed by atoms with Crippen molar-refractivity contribution in [3.8, 4) is 22.4 Å². The van der Waals surface area contributed by atoms with Crippen molar-refractivity contribution in [1.82, 2.24) is 14.8 Å². The van der Waals surface area contributed by atoms with Crippen LogP contribution in [-0.2, 0) is 4.79 Å². The molecule has 1 N–H and O–H groups in total. The van der Waals surface area contributed by atoms with E-state index in [1.54, 1.807) is 32.2 Å². The maximum absolute atomic E-state index is 12.6. The van der Waals surface area contributed by atoms with Crippen LogP contribution in [0.2, 0.25) is 0 Å². The number of benzene rings is 2. The SMILES string of the molecule is COc1cc(C2CC(=O)Nc3c2cnn3-c2nc3ccccc3s2)cc(OC)c1OC. The second kappa shape index (κ2) is 7.59. The fourth-order valence-corrected chi connectivity index (χ4v) is 4.85. The van der Waals surface area contributed by atoms with E-state index in [1.165, 1.54) is 11.3 Å². The zero-order valence-corrected chi connectivity index (χ0v) is 18.0. The summed E-state index contributed by atoms with van der Waals surface area (Å²) in [6.07, 6.45) is 2.08. The summed E-state index contributed by atoms with van der Waals surface area (Å²) >= 11 is 1.52. The number of carbonyl (C=O) groups excluding carboxylic acids is 1. The fourth-order valence-electron chi connectivity index (χ4n) is 3.92. The van der Waals surface area contributed by atoms with Crippen LogP contribution in [0.25, 0.3) is 15.3 Å². The third-order valence-electron chi connectivity index (χ3n) is 5.37. The second-order valence-corrected chi connectivity index (χ2v) is 8.10. The number of amides is 1. The van der Waals surface area contributed by atoms with Crippen molar-refractivity contribution in [1.29, 1.82) is 0 Å². The predicted molar refractivity (Wildman–Crippen MR) is 118 cm³/mol. The maximum atomic E-state index is 12.6. The lowest BCUT2D eigenvalue weighted by atomic mass is 9.87. The third kappa shape index (κ3) is 3.17. The van der Waals surface area contributed by atoms with E-state index in [1.807, 2.05) is 36.4 Å². The molecule has 0 saturated carbocycles. The average molecular weight is 436 g/mol. The van der Waals surface area contributed by atoms with E-state index in [2.05, 4.69) is 15.4 Å². The quantitative estimate of drug-likeness (QED) is 0.509. The van der Waals surface area contributed by atoms with Gasteiger partial charge in [0.15, 0.2) is 11.5 Å². The number of nitrogens with zero attached hydrogens (tertiary/aromatic N) is 3. The number of hydrogen-bond donors (Lipinski definition) is 1. The highest BCUT2D eigenvalue weighted by Crippen LogP contribution is 2.45. The minimum absolute atomic E-state index is 0.0888. The molecule has 31 heavy (non-hydrogen) atoms. The molecular weight excluding hydrogens is 416 g/mol. The minimum atomic E-state index is -0.208. The average Bonchev–Trinajstić information content (AvgIpc) is 3.41. The highest BCUT2D eigenvalue weighted by molar-refractivity contribution is 7.20. The molecule has 5 rings (SSSR count). The molecular formula is C22H20N4O4S. The van der Waals surface area contributed by atoms with Crippen LogP contribution in [-0.4, -0.2) is 42.0 Å². The fraction of sp³-hybridized carbons (Fsp3) is 0.227. The third-order valence-corrected chi connectivity index (χ3v) is 6.39. The molecule has 2 aromatic carbocycles. The van der Waals surface area contributed by atoms with Gasteiger partial charge in [-0.05, 0) is 29.8 Å². The first kappa shape index (κ1) is 19.4. The summed E-state index contributed by atoms with van der Waals surface area (Å²) in [5, 5.41) is 8.23. The van der Waals surface area contributed by atoms with Gasteiger partial charge in [-0.25, -0.2) is 4.98 Å². The van der Waals surface area contributed by atoms with Gasteiger partial charge < -0.3 is 19.5 Å². The van der Waals surface area contributed by atoms with Crippen LogP contribution in [0, 0.1) is 0 Å². The van der Waals surface area contributed by atoms with Gasteiger partial charge in [-0.2, -0.15) is 9.78 Å². The molecule has 0 radical (unpaired) electrons. The van der Waals surface area contributed by atoms with Crippen LogP contribution < -0.4 is 19.5 Å².